The fourth-order valence-corrected chi connectivity index (χ4v) is 3.10. The molecule has 0 unspecified atom stereocenters. The number of thiazole rings is 1. The third-order valence-electron chi connectivity index (χ3n) is 3.87. The van der Waals surface area contributed by atoms with Crippen molar-refractivity contribution in [3.05, 3.63) is 51.5 Å². The van der Waals surface area contributed by atoms with Crippen molar-refractivity contribution in [1.82, 2.24) is 4.98 Å². The zero-order chi connectivity index (χ0) is 17.6. The van der Waals surface area contributed by atoms with Crippen molar-refractivity contribution in [2.24, 2.45) is 0 Å². The van der Waals surface area contributed by atoms with E-state index in [1.54, 1.807) is 11.3 Å². The number of hydrogen-bond acceptors (Lipinski definition) is 2. The highest BCUT2D eigenvalue weighted by Gasteiger charge is 2.07. The largest absolute Gasteiger partial charge is 0.246 e. The quantitative estimate of drug-likeness (QED) is 0.571. The summed E-state index contributed by atoms with van der Waals surface area (Å²) >= 11 is 1.77. The summed E-state index contributed by atoms with van der Waals surface area (Å²) in [6.45, 7) is 17.7. The van der Waals surface area contributed by atoms with Gasteiger partial charge < -0.3 is 0 Å². The van der Waals surface area contributed by atoms with E-state index in [0.29, 0.717) is 23.7 Å². The van der Waals surface area contributed by atoms with Crippen molar-refractivity contribution in [2.45, 2.75) is 79.1 Å². The van der Waals surface area contributed by atoms with Gasteiger partial charge in [0.05, 0.1) is 10.7 Å². The summed E-state index contributed by atoms with van der Waals surface area (Å²) in [6, 6.07) is 8.88. The highest BCUT2D eigenvalue weighted by atomic mass is 32.1. The third kappa shape index (κ3) is 6.47. The van der Waals surface area contributed by atoms with Crippen LogP contribution in [-0.2, 0) is 0 Å². The van der Waals surface area contributed by atoms with Crippen molar-refractivity contribution in [3.63, 3.8) is 0 Å². The van der Waals surface area contributed by atoms with E-state index in [4.69, 9.17) is 0 Å². The van der Waals surface area contributed by atoms with Gasteiger partial charge >= 0.3 is 0 Å². The molecule has 0 saturated heterocycles. The summed E-state index contributed by atoms with van der Waals surface area (Å²) in [5, 5.41) is 3.42. The van der Waals surface area contributed by atoms with Gasteiger partial charge in [0, 0.05) is 11.3 Å². The SMILES string of the molecule is CC(C)c1cccc(C(C)C)c1.CC(C)c1csc(C(C)C)n1. The summed E-state index contributed by atoms with van der Waals surface area (Å²) in [7, 11) is 0. The van der Waals surface area contributed by atoms with Crippen molar-refractivity contribution < 1.29 is 0 Å². The Hall–Kier alpha value is -1.15. The first-order valence-electron chi connectivity index (χ1n) is 8.77. The molecule has 1 aromatic heterocycles. The van der Waals surface area contributed by atoms with Gasteiger partial charge in [0.1, 0.15) is 0 Å². The molecule has 0 N–H and O–H groups in total. The summed E-state index contributed by atoms with van der Waals surface area (Å²) in [4.78, 5) is 4.53. The van der Waals surface area contributed by atoms with Crippen molar-refractivity contribution in [2.75, 3.05) is 0 Å². The fraction of sp³-hybridized carbons (Fsp3) is 0.571. The van der Waals surface area contributed by atoms with Crippen molar-refractivity contribution in [3.8, 4) is 0 Å². The first-order chi connectivity index (χ1) is 10.7. The molecule has 1 nitrogen and oxygen atoms in total. The standard InChI is InChI=1S/C12H18.C9H15NS/c1-9(2)11-6-5-7-12(8-11)10(3)4;1-6(2)8-5-11-9(10-8)7(3)4/h5-10H,1-4H3;5-7H,1-4H3. The lowest BCUT2D eigenvalue weighted by Gasteiger charge is -2.09. The van der Waals surface area contributed by atoms with Crippen LogP contribution in [0.1, 0.15) is 101 Å². The van der Waals surface area contributed by atoms with Gasteiger partial charge in [-0.3, -0.25) is 0 Å². The Morgan fingerprint density at radius 2 is 1.26 bits per heavy atom. The van der Waals surface area contributed by atoms with Gasteiger partial charge in [0.15, 0.2) is 0 Å². The minimum absolute atomic E-state index is 0.568. The molecular formula is C21H33NS. The summed E-state index contributed by atoms with van der Waals surface area (Å²) in [6.07, 6.45) is 0. The monoisotopic (exact) mass is 331 g/mol. The smallest absolute Gasteiger partial charge is 0.0953 e. The van der Waals surface area contributed by atoms with Crippen LogP contribution >= 0.6 is 11.3 Å². The average molecular weight is 332 g/mol. The van der Waals surface area contributed by atoms with Crippen LogP contribution in [0, 0.1) is 0 Å². The Labute approximate surface area is 147 Å². The maximum absolute atomic E-state index is 4.53. The van der Waals surface area contributed by atoms with Crippen LogP contribution < -0.4 is 0 Å². The van der Waals surface area contributed by atoms with E-state index in [2.05, 4.69) is 90.0 Å². The molecule has 0 fully saturated rings. The minimum Gasteiger partial charge on any atom is -0.246 e. The molecule has 0 radical (unpaired) electrons. The Kier molecular flexibility index (Phi) is 7.98. The highest BCUT2D eigenvalue weighted by Crippen LogP contribution is 2.23. The van der Waals surface area contributed by atoms with Crippen LogP contribution in [0.4, 0.5) is 0 Å². The predicted molar refractivity (Wildman–Crippen MR) is 105 cm³/mol. The summed E-state index contributed by atoms with van der Waals surface area (Å²) < 4.78 is 0. The van der Waals surface area contributed by atoms with Gasteiger partial charge in [0.2, 0.25) is 0 Å². The molecule has 0 aliphatic heterocycles. The van der Waals surface area contributed by atoms with E-state index < -0.39 is 0 Å². The lowest BCUT2D eigenvalue weighted by atomic mass is 9.96. The third-order valence-corrected chi connectivity index (χ3v) is 5.03. The predicted octanol–water partition coefficient (Wildman–Crippen LogP) is 7.32. The molecule has 128 valence electrons. The van der Waals surface area contributed by atoms with Crippen molar-refractivity contribution >= 4 is 11.3 Å². The number of benzene rings is 1. The fourth-order valence-electron chi connectivity index (χ4n) is 2.11. The average Bonchev–Trinajstić information content (AvgIpc) is 2.98. The van der Waals surface area contributed by atoms with Gasteiger partial charge in [-0.1, -0.05) is 79.7 Å². The second-order valence-electron chi connectivity index (χ2n) is 7.40. The zero-order valence-corrected chi connectivity index (χ0v) is 16.9. The number of rotatable bonds is 4. The van der Waals surface area contributed by atoms with E-state index in [-0.39, 0.29) is 0 Å². The van der Waals surface area contributed by atoms with Crippen molar-refractivity contribution in [1.29, 1.82) is 0 Å². The molecular weight excluding hydrogens is 298 g/mol. The molecule has 2 aromatic rings. The molecule has 1 aromatic carbocycles. The summed E-state index contributed by atoms with van der Waals surface area (Å²) in [5.41, 5.74) is 4.13. The molecule has 0 atom stereocenters. The van der Waals surface area contributed by atoms with Gasteiger partial charge in [-0.25, -0.2) is 4.98 Å². The molecule has 2 rings (SSSR count). The first-order valence-corrected chi connectivity index (χ1v) is 9.65. The number of aromatic nitrogens is 1. The molecule has 1 heterocycles. The normalized spacial score (nSPS) is 11.3. The van der Waals surface area contributed by atoms with E-state index in [9.17, 15) is 0 Å². The van der Waals surface area contributed by atoms with Gasteiger partial charge in [0.25, 0.3) is 0 Å². The molecule has 0 saturated carbocycles. The molecule has 0 amide bonds. The van der Waals surface area contributed by atoms with Crippen LogP contribution in [-0.4, -0.2) is 4.98 Å². The number of nitrogens with zero attached hydrogens (tertiary/aromatic N) is 1. The van der Waals surface area contributed by atoms with Gasteiger partial charge in [-0.15, -0.1) is 11.3 Å². The minimum atomic E-state index is 0.568. The van der Waals surface area contributed by atoms with E-state index in [0.717, 1.165) is 0 Å². The molecule has 23 heavy (non-hydrogen) atoms. The van der Waals surface area contributed by atoms with E-state index in [1.807, 2.05) is 0 Å². The Balaban J connectivity index is 0.000000231. The summed E-state index contributed by atoms with van der Waals surface area (Å²) in [5.74, 6) is 2.43. The Morgan fingerprint density at radius 1 is 0.739 bits per heavy atom. The molecule has 0 aliphatic carbocycles. The topological polar surface area (TPSA) is 12.9 Å². The van der Waals surface area contributed by atoms with Crippen LogP contribution in [0.2, 0.25) is 0 Å². The van der Waals surface area contributed by atoms with Crippen LogP contribution in [0.15, 0.2) is 29.6 Å². The second kappa shape index (κ2) is 9.22. The van der Waals surface area contributed by atoms with Gasteiger partial charge in [-0.05, 0) is 28.9 Å². The van der Waals surface area contributed by atoms with Crippen LogP contribution in [0.3, 0.4) is 0 Å². The highest BCUT2D eigenvalue weighted by molar-refractivity contribution is 7.09. The number of hydrogen-bond donors (Lipinski definition) is 0. The molecule has 0 spiro atoms. The van der Waals surface area contributed by atoms with E-state index in [1.165, 1.54) is 21.8 Å². The lowest BCUT2D eigenvalue weighted by Crippen LogP contribution is -1.91. The maximum Gasteiger partial charge on any atom is 0.0953 e. The molecule has 2 heteroatoms. The van der Waals surface area contributed by atoms with Crippen LogP contribution in [0.5, 0.6) is 0 Å². The Morgan fingerprint density at radius 3 is 1.57 bits per heavy atom. The van der Waals surface area contributed by atoms with Gasteiger partial charge in [-0.2, -0.15) is 0 Å². The van der Waals surface area contributed by atoms with Crippen LogP contribution in [0.25, 0.3) is 0 Å². The second-order valence-corrected chi connectivity index (χ2v) is 8.29. The first kappa shape index (κ1) is 19.9. The molecule has 0 bridgehead atoms. The lowest BCUT2D eigenvalue weighted by molar-refractivity contribution is 0.793. The molecule has 0 aliphatic rings. The van der Waals surface area contributed by atoms with E-state index >= 15 is 0 Å². The Bertz CT molecular complexity index is 533. The maximum atomic E-state index is 4.53. The zero-order valence-electron chi connectivity index (χ0n) is 16.1.